The molecule has 0 saturated carbocycles. The molecule has 1 aromatic rings. The molecule has 2 heterocycles. The number of nitrogens with two attached hydrogens (primary N) is 1. The van der Waals surface area contributed by atoms with Crippen LogP contribution in [0.25, 0.3) is 0 Å². The van der Waals surface area contributed by atoms with Gasteiger partial charge in [0, 0.05) is 45.3 Å². The fourth-order valence-electron chi connectivity index (χ4n) is 4.19. The topological polar surface area (TPSA) is 99.0 Å². The number of carbonyl (C=O) groups excluding carboxylic acids is 3. The van der Waals surface area contributed by atoms with E-state index in [0.29, 0.717) is 32.5 Å². The molecule has 3 rings (SSSR count). The number of benzene rings is 1. The summed E-state index contributed by atoms with van der Waals surface area (Å²) >= 11 is 0. The predicted octanol–water partition coefficient (Wildman–Crippen LogP) is 1.47. The SMILES string of the molecule is CN(C)C(=O)N1CCC(C(=O)Nc2ccccc2CN2CCCC2C(N)=O)CC1. The highest BCUT2D eigenvalue weighted by Crippen LogP contribution is 2.25. The predicted molar refractivity (Wildman–Crippen MR) is 111 cm³/mol. The Bertz CT molecular complexity index is 758. The fraction of sp³-hybridized carbons (Fsp3) is 0.571. The van der Waals surface area contributed by atoms with E-state index >= 15 is 0 Å². The van der Waals surface area contributed by atoms with Gasteiger partial charge in [-0.25, -0.2) is 4.79 Å². The van der Waals surface area contributed by atoms with E-state index < -0.39 is 0 Å². The molecule has 0 spiro atoms. The van der Waals surface area contributed by atoms with Crippen LogP contribution in [0.2, 0.25) is 0 Å². The molecular formula is C21H31N5O3. The summed E-state index contributed by atoms with van der Waals surface area (Å²) in [6.07, 6.45) is 3.05. The molecule has 1 atom stereocenters. The first-order valence-electron chi connectivity index (χ1n) is 10.2. The van der Waals surface area contributed by atoms with Crippen molar-refractivity contribution in [2.75, 3.05) is 39.0 Å². The van der Waals surface area contributed by atoms with Crippen molar-refractivity contribution in [3.05, 3.63) is 29.8 Å². The highest BCUT2D eigenvalue weighted by molar-refractivity contribution is 5.93. The molecule has 2 fully saturated rings. The van der Waals surface area contributed by atoms with E-state index in [0.717, 1.165) is 30.6 Å². The van der Waals surface area contributed by atoms with E-state index in [1.54, 1.807) is 23.9 Å². The number of hydrogen-bond acceptors (Lipinski definition) is 4. The number of nitrogens with zero attached hydrogens (tertiary/aromatic N) is 3. The Balaban J connectivity index is 1.60. The minimum atomic E-state index is -0.289. The van der Waals surface area contributed by atoms with Gasteiger partial charge < -0.3 is 20.9 Å². The fourth-order valence-corrected chi connectivity index (χ4v) is 4.19. The van der Waals surface area contributed by atoms with Crippen molar-refractivity contribution in [2.24, 2.45) is 11.7 Å². The summed E-state index contributed by atoms with van der Waals surface area (Å²) in [5.41, 5.74) is 7.29. The van der Waals surface area contributed by atoms with Gasteiger partial charge in [-0.05, 0) is 43.9 Å². The van der Waals surface area contributed by atoms with Gasteiger partial charge in [0.15, 0.2) is 0 Å². The summed E-state index contributed by atoms with van der Waals surface area (Å²) in [6.45, 7) is 2.59. The summed E-state index contributed by atoms with van der Waals surface area (Å²) in [7, 11) is 3.47. The molecule has 2 aliphatic rings. The van der Waals surface area contributed by atoms with Crippen LogP contribution in [0.1, 0.15) is 31.2 Å². The monoisotopic (exact) mass is 401 g/mol. The maximum atomic E-state index is 12.8. The third kappa shape index (κ3) is 5.06. The van der Waals surface area contributed by atoms with Crippen molar-refractivity contribution in [3.8, 4) is 0 Å². The van der Waals surface area contributed by atoms with Gasteiger partial charge >= 0.3 is 6.03 Å². The van der Waals surface area contributed by atoms with E-state index in [9.17, 15) is 14.4 Å². The number of piperidine rings is 1. The molecule has 8 heteroatoms. The highest BCUT2D eigenvalue weighted by Gasteiger charge is 2.30. The van der Waals surface area contributed by atoms with Gasteiger partial charge in [0.2, 0.25) is 11.8 Å². The van der Waals surface area contributed by atoms with Crippen molar-refractivity contribution in [1.82, 2.24) is 14.7 Å². The zero-order valence-electron chi connectivity index (χ0n) is 17.3. The largest absolute Gasteiger partial charge is 0.368 e. The van der Waals surface area contributed by atoms with Gasteiger partial charge in [-0.1, -0.05) is 18.2 Å². The molecule has 1 aromatic carbocycles. The van der Waals surface area contributed by atoms with Gasteiger partial charge in [0.25, 0.3) is 0 Å². The quantitative estimate of drug-likeness (QED) is 0.780. The molecule has 2 saturated heterocycles. The van der Waals surface area contributed by atoms with E-state index in [2.05, 4.69) is 10.2 Å². The number of hydrogen-bond donors (Lipinski definition) is 2. The van der Waals surface area contributed by atoms with Crippen LogP contribution in [0.5, 0.6) is 0 Å². The lowest BCUT2D eigenvalue weighted by molar-refractivity contribution is -0.122. The summed E-state index contributed by atoms with van der Waals surface area (Å²) in [6, 6.07) is 7.46. The molecule has 0 radical (unpaired) electrons. The third-order valence-corrected chi connectivity index (χ3v) is 5.86. The summed E-state index contributed by atoms with van der Waals surface area (Å²) in [5.74, 6) is -0.412. The molecule has 0 aromatic heterocycles. The first kappa shape index (κ1) is 21.1. The molecule has 29 heavy (non-hydrogen) atoms. The molecule has 3 N–H and O–H groups in total. The Morgan fingerprint density at radius 1 is 1.10 bits per heavy atom. The van der Waals surface area contributed by atoms with Crippen LogP contribution < -0.4 is 11.1 Å². The number of nitrogens with one attached hydrogen (secondary N) is 1. The normalized spacial score (nSPS) is 20.5. The van der Waals surface area contributed by atoms with E-state index in [4.69, 9.17) is 5.73 Å². The number of urea groups is 1. The number of rotatable bonds is 5. The van der Waals surface area contributed by atoms with E-state index in [1.165, 1.54) is 0 Å². The number of likely N-dealkylation sites (tertiary alicyclic amines) is 2. The van der Waals surface area contributed by atoms with E-state index in [-0.39, 0.29) is 29.8 Å². The lowest BCUT2D eigenvalue weighted by atomic mass is 9.95. The minimum absolute atomic E-state index is 0.0103. The standard InChI is InChI=1S/C21H31N5O3/c1-24(2)21(29)25-12-9-15(10-13-25)20(28)23-17-7-4-3-6-16(17)14-26-11-5-8-18(26)19(22)27/h3-4,6-7,15,18H,5,8-14H2,1-2H3,(H2,22,27)(H,23,28). The number of primary amides is 1. The van der Waals surface area contributed by atoms with Crippen LogP contribution in [0.4, 0.5) is 10.5 Å². The number of carbonyl (C=O) groups is 3. The Kier molecular flexibility index (Phi) is 6.74. The van der Waals surface area contributed by atoms with Gasteiger partial charge in [-0.3, -0.25) is 14.5 Å². The van der Waals surface area contributed by atoms with Crippen LogP contribution in [0.3, 0.4) is 0 Å². The molecule has 0 aliphatic carbocycles. The van der Waals surface area contributed by atoms with Crippen LogP contribution in [-0.4, -0.2) is 72.3 Å². The second-order valence-electron chi connectivity index (χ2n) is 8.12. The zero-order valence-corrected chi connectivity index (χ0v) is 17.3. The maximum absolute atomic E-state index is 12.8. The van der Waals surface area contributed by atoms with Crippen molar-refractivity contribution in [3.63, 3.8) is 0 Å². The van der Waals surface area contributed by atoms with Gasteiger partial charge in [0.05, 0.1) is 6.04 Å². The lowest BCUT2D eigenvalue weighted by Gasteiger charge is -2.33. The van der Waals surface area contributed by atoms with Crippen molar-refractivity contribution in [2.45, 2.75) is 38.3 Å². The summed E-state index contributed by atoms with van der Waals surface area (Å²) < 4.78 is 0. The maximum Gasteiger partial charge on any atom is 0.319 e. The zero-order chi connectivity index (χ0) is 21.0. The Hall–Kier alpha value is -2.61. The second-order valence-corrected chi connectivity index (χ2v) is 8.12. The first-order valence-corrected chi connectivity index (χ1v) is 10.2. The average molecular weight is 402 g/mol. The molecule has 2 aliphatic heterocycles. The van der Waals surface area contributed by atoms with Gasteiger partial charge in [0.1, 0.15) is 0 Å². The van der Waals surface area contributed by atoms with Crippen LogP contribution in [0.15, 0.2) is 24.3 Å². The summed E-state index contributed by atoms with van der Waals surface area (Å²) in [5, 5.41) is 3.07. The van der Waals surface area contributed by atoms with Gasteiger partial charge in [-0.15, -0.1) is 0 Å². The summed E-state index contributed by atoms with van der Waals surface area (Å²) in [4.78, 5) is 42.0. The number of para-hydroxylation sites is 1. The first-order chi connectivity index (χ1) is 13.9. The van der Waals surface area contributed by atoms with E-state index in [1.807, 2.05) is 24.3 Å². The van der Waals surface area contributed by atoms with Crippen molar-refractivity contribution < 1.29 is 14.4 Å². The van der Waals surface area contributed by atoms with Crippen molar-refractivity contribution in [1.29, 1.82) is 0 Å². The Morgan fingerprint density at radius 2 is 1.79 bits per heavy atom. The van der Waals surface area contributed by atoms with Crippen LogP contribution >= 0.6 is 0 Å². The Labute approximate surface area is 172 Å². The van der Waals surface area contributed by atoms with Crippen LogP contribution in [-0.2, 0) is 16.1 Å². The highest BCUT2D eigenvalue weighted by atomic mass is 16.2. The van der Waals surface area contributed by atoms with Crippen molar-refractivity contribution >= 4 is 23.5 Å². The minimum Gasteiger partial charge on any atom is -0.368 e. The number of amides is 4. The lowest BCUT2D eigenvalue weighted by Crippen LogP contribution is -2.45. The Morgan fingerprint density at radius 3 is 2.45 bits per heavy atom. The third-order valence-electron chi connectivity index (χ3n) is 5.86. The van der Waals surface area contributed by atoms with Gasteiger partial charge in [-0.2, -0.15) is 0 Å². The molecule has 0 bridgehead atoms. The molecule has 8 nitrogen and oxygen atoms in total. The number of anilines is 1. The molecule has 4 amide bonds. The molecule has 1 unspecified atom stereocenters. The van der Waals surface area contributed by atoms with Crippen LogP contribution in [0, 0.1) is 5.92 Å². The smallest absolute Gasteiger partial charge is 0.319 e. The average Bonchev–Trinajstić information content (AvgIpc) is 3.17. The second kappa shape index (κ2) is 9.26. The molecule has 158 valence electrons. The molecular weight excluding hydrogens is 370 g/mol.